The Hall–Kier alpha value is -1.70. The third-order valence-corrected chi connectivity index (χ3v) is 6.26. The minimum atomic E-state index is -0.448. The van der Waals surface area contributed by atoms with Crippen LogP contribution in [-0.4, -0.2) is 29.8 Å². The van der Waals surface area contributed by atoms with E-state index in [1.165, 1.54) is 21.1 Å². The number of carbonyl (C=O) groups excluding carboxylic acids is 2. The van der Waals surface area contributed by atoms with E-state index in [-0.39, 0.29) is 5.91 Å². The Bertz CT molecular complexity index is 737. The summed E-state index contributed by atoms with van der Waals surface area (Å²) in [6, 6.07) is 4.08. The molecule has 0 bridgehead atoms. The summed E-state index contributed by atoms with van der Waals surface area (Å²) in [6.45, 7) is 3.88. The van der Waals surface area contributed by atoms with Gasteiger partial charge in [-0.3, -0.25) is 14.5 Å². The lowest BCUT2D eigenvalue weighted by Gasteiger charge is -2.19. The van der Waals surface area contributed by atoms with Crippen LogP contribution in [0.25, 0.3) is 0 Å². The van der Waals surface area contributed by atoms with Gasteiger partial charge in [0.2, 0.25) is 5.91 Å². The molecule has 0 unspecified atom stereocenters. The number of nitrogens with two attached hydrogens (primary N) is 1. The molecule has 2 heterocycles. The Morgan fingerprint density at radius 2 is 2.21 bits per heavy atom. The van der Waals surface area contributed by atoms with E-state index in [2.05, 4.69) is 16.3 Å². The molecule has 0 saturated carbocycles. The summed E-state index contributed by atoms with van der Waals surface area (Å²) in [6.07, 6.45) is 2.90. The highest BCUT2D eigenvalue weighted by molar-refractivity contribution is 7.17. The fourth-order valence-electron chi connectivity index (χ4n) is 3.02. The zero-order chi connectivity index (χ0) is 17.1. The first-order chi connectivity index (χ1) is 11.6. The van der Waals surface area contributed by atoms with Crippen molar-refractivity contribution in [3.8, 4) is 0 Å². The lowest BCUT2D eigenvalue weighted by Crippen LogP contribution is -2.32. The maximum atomic E-state index is 12.4. The van der Waals surface area contributed by atoms with Crippen LogP contribution >= 0.6 is 22.7 Å². The number of primary amides is 1. The monoisotopic (exact) mass is 363 g/mol. The van der Waals surface area contributed by atoms with Gasteiger partial charge in [0.15, 0.2) is 0 Å². The van der Waals surface area contributed by atoms with Gasteiger partial charge in [0, 0.05) is 16.3 Å². The van der Waals surface area contributed by atoms with E-state index in [9.17, 15) is 9.59 Å². The molecule has 0 aromatic carbocycles. The highest BCUT2D eigenvalue weighted by Gasteiger charge is 2.26. The quantitative estimate of drug-likeness (QED) is 0.794. The van der Waals surface area contributed by atoms with Crippen molar-refractivity contribution in [2.24, 2.45) is 5.73 Å². The summed E-state index contributed by atoms with van der Waals surface area (Å²) >= 11 is 3.18. The zero-order valence-corrected chi connectivity index (χ0v) is 15.3. The molecular weight excluding hydrogens is 342 g/mol. The molecule has 3 N–H and O–H groups in total. The molecule has 0 aliphatic heterocycles. The smallest absolute Gasteiger partial charge is 0.251 e. The van der Waals surface area contributed by atoms with Crippen molar-refractivity contribution < 1.29 is 9.59 Å². The van der Waals surface area contributed by atoms with Crippen molar-refractivity contribution in [3.63, 3.8) is 0 Å². The number of hydrogen-bond donors (Lipinski definition) is 2. The van der Waals surface area contributed by atoms with Crippen molar-refractivity contribution in [1.29, 1.82) is 0 Å². The van der Waals surface area contributed by atoms with Crippen LogP contribution in [0.4, 0.5) is 5.00 Å². The maximum absolute atomic E-state index is 12.4. The number of aryl methyl sites for hydroxylation is 1. The number of hydrogen-bond acceptors (Lipinski definition) is 5. The van der Waals surface area contributed by atoms with Crippen molar-refractivity contribution in [3.05, 3.63) is 38.4 Å². The van der Waals surface area contributed by atoms with E-state index in [0.29, 0.717) is 17.1 Å². The summed E-state index contributed by atoms with van der Waals surface area (Å²) in [4.78, 5) is 28.7. The van der Waals surface area contributed by atoms with Crippen molar-refractivity contribution in [1.82, 2.24) is 4.90 Å². The predicted octanol–water partition coefficient (Wildman–Crippen LogP) is 2.86. The Labute approximate surface area is 149 Å². The van der Waals surface area contributed by atoms with Gasteiger partial charge in [0.1, 0.15) is 5.00 Å². The second kappa shape index (κ2) is 7.46. The van der Waals surface area contributed by atoms with E-state index in [4.69, 9.17) is 5.73 Å². The van der Waals surface area contributed by atoms with Crippen LogP contribution in [-0.2, 0) is 24.2 Å². The lowest BCUT2D eigenvalue weighted by atomic mass is 10.1. The first kappa shape index (κ1) is 17.1. The average Bonchev–Trinajstić information content (AvgIpc) is 3.22. The van der Waals surface area contributed by atoms with Gasteiger partial charge in [-0.25, -0.2) is 0 Å². The first-order valence-electron chi connectivity index (χ1n) is 8.07. The Balaban J connectivity index is 1.67. The molecule has 24 heavy (non-hydrogen) atoms. The van der Waals surface area contributed by atoms with E-state index < -0.39 is 5.91 Å². The predicted molar refractivity (Wildman–Crippen MR) is 98.8 cm³/mol. The van der Waals surface area contributed by atoms with Crippen LogP contribution in [0.1, 0.15) is 39.0 Å². The van der Waals surface area contributed by atoms with Gasteiger partial charge in [0.25, 0.3) is 5.91 Å². The molecule has 0 fully saturated rings. The highest BCUT2D eigenvalue weighted by atomic mass is 32.1. The van der Waals surface area contributed by atoms with Crippen molar-refractivity contribution in [2.75, 3.05) is 18.4 Å². The minimum Gasteiger partial charge on any atom is -0.365 e. The van der Waals surface area contributed by atoms with Crippen molar-refractivity contribution >= 4 is 39.5 Å². The third kappa shape index (κ3) is 3.68. The molecule has 128 valence electrons. The molecule has 0 saturated heterocycles. The van der Waals surface area contributed by atoms with E-state index in [0.717, 1.165) is 37.9 Å². The van der Waals surface area contributed by atoms with Crippen LogP contribution in [0.2, 0.25) is 0 Å². The van der Waals surface area contributed by atoms with Gasteiger partial charge in [0.05, 0.1) is 12.1 Å². The van der Waals surface area contributed by atoms with Crippen LogP contribution in [0.15, 0.2) is 17.5 Å². The Morgan fingerprint density at radius 1 is 1.38 bits per heavy atom. The molecular formula is C17H21N3O2S2. The molecule has 3 rings (SSSR count). The zero-order valence-electron chi connectivity index (χ0n) is 13.6. The molecule has 1 aliphatic rings. The van der Waals surface area contributed by atoms with Crippen LogP contribution < -0.4 is 11.1 Å². The number of nitrogens with zero attached hydrogens (tertiary/aromatic N) is 1. The van der Waals surface area contributed by atoms with E-state index in [1.54, 1.807) is 11.3 Å². The van der Waals surface area contributed by atoms with Gasteiger partial charge in [-0.2, -0.15) is 0 Å². The molecule has 2 aromatic rings. The van der Waals surface area contributed by atoms with Crippen molar-refractivity contribution in [2.45, 2.75) is 32.7 Å². The largest absolute Gasteiger partial charge is 0.365 e. The first-order valence-corrected chi connectivity index (χ1v) is 9.77. The molecule has 0 atom stereocenters. The van der Waals surface area contributed by atoms with Crippen LogP contribution in [0.3, 0.4) is 0 Å². The SMILES string of the molecule is CCN(CC(=O)Nc1sc2c(c1C(N)=O)CCC2)Cc1cccs1. The summed E-state index contributed by atoms with van der Waals surface area (Å²) in [5, 5.41) is 5.56. The number of fused-ring (bicyclic) bond motifs is 1. The Morgan fingerprint density at radius 3 is 2.88 bits per heavy atom. The third-order valence-electron chi connectivity index (χ3n) is 4.19. The second-order valence-electron chi connectivity index (χ2n) is 5.86. The number of thiophene rings is 2. The maximum Gasteiger partial charge on any atom is 0.251 e. The normalized spacial score (nSPS) is 13.2. The van der Waals surface area contributed by atoms with Gasteiger partial charge in [-0.05, 0) is 42.8 Å². The molecule has 7 heteroatoms. The molecule has 0 spiro atoms. The fraction of sp³-hybridized carbons (Fsp3) is 0.412. The highest BCUT2D eigenvalue weighted by Crippen LogP contribution is 2.38. The number of amides is 2. The summed E-state index contributed by atoms with van der Waals surface area (Å²) in [5.41, 5.74) is 7.08. The fourth-order valence-corrected chi connectivity index (χ4v) is 5.08. The molecule has 2 aromatic heterocycles. The number of carbonyl (C=O) groups is 2. The molecule has 0 radical (unpaired) electrons. The number of nitrogens with one attached hydrogen (secondary N) is 1. The van der Waals surface area contributed by atoms with E-state index in [1.807, 2.05) is 18.4 Å². The van der Waals surface area contributed by atoms with E-state index >= 15 is 0 Å². The number of likely N-dealkylation sites (N-methyl/N-ethyl adjacent to an activating group) is 1. The lowest BCUT2D eigenvalue weighted by molar-refractivity contribution is -0.117. The molecule has 1 aliphatic carbocycles. The summed E-state index contributed by atoms with van der Waals surface area (Å²) in [7, 11) is 0. The summed E-state index contributed by atoms with van der Waals surface area (Å²) in [5.74, 6) is -0.550. The molecule has 2 amide bonds. The standard InChI is InChI=1S/C17H21N3O2S2/c1-2-20(9-11-5-4-8-23-11)10-14(21)19-17-15(16(18)22)12-6-3-7-13(12)24-17/h4-5,8H,2-3,6-7,9-10H2,1H3,(H2,18,22)(H,19,21). The van der Waals surface area contributed by atoms with Gasteiger partial charge in [-0.15, -0.1) is 22.7 Å². The topological polar surface area (TPSA) is 75.4 Å². The van der Waals surface area contributed by atoms with Crippen LogP contribution in [0.5, 0.6) is 0 Å². The Kier molecular flexibility index (Phi) is 5.33. The van der Waals surface area contributed by atoms with Crippen LogP contribution in [0, 0.1) is 0 Å². The number of rotatable bonds is 7. The molecule has 5 nitrogen and oxygen atoms in total. The van der Waals surface area contributed by atoms with Gasteiger partial charge < -0.3 is 11.1 Å². The average molecular weight is 364 g/mol. The van der Waals surface area contributed by atoms with Gasteiger partial charge in [-0.1, -0.05) is 13.0 Å². The minimum absolute atomic E-state index is 0.101. The second-order valence-corrected chi connectivity index (χ2v) is 7.99. The number of anilines is 1. The summed E-state index contributed by atoms with van der Waals surface area (Å²) < 4.78 is 0. The van der Waals surface area contributed by atoms with Gasteiger partial charge >= 0.3 is 0 Å².